The zero-order valence-electron chi connectivity index (χ0n) is 12.1. The van der Waals surface area contributed by atoms with Crippen molar-refractivity contribution in [3.63, 3.8) is 0 Å². The van der Waals surface area contributed by atoms with Gasteiger partial charge in [-0.05, 0) is 18.6 Å². The maximum atomic E-state index is 10.9. The predicted molar refractivity (Wildman–Crippen MR) is 83.7 cm³/mol. The minimum absolute atomic E-state index is 0.0181. The first-order valence-corrected chi connectivity index (χ1v) is 6.97. The number of hydrogen-bond acceptors (Lipinski definition) is 4. The molecule has 6 heteroatoms. The van der Waals surface area contributed by atoms with Gasteiger partial charge in [0.15, 0.2) is 0 Å². The van der Waals surface area contributed by atoms with Crippen LogP contribution in [0.1, 0.15) is 18.1 Å². The van der Waals surface area contributed by atoms with Gasteiger partial charge >= 0.3 is 0 Å². The van der Waals surface area contributed by atoms with E-state index in [9.17, 15) is 10.1 Å². The average molecular weight is 297 g/mol. The van der Waals surface area contributed by atoms with Crippen LogP contribution in [0.4, 0.5) is 11.4 Å². The Bertz CT molecular complexity index is 758. The monoisotopic (exact) mass is 297 g/mol. The Hall–Kier alpha value is -2.89. The Kier molecular flexibility index (Phi) is 3.50. The molecule has 1 N–H and O–H groups in total. The fourth-order valence-electron chi connectivity index (χ4n) is 2.60. The number of benzene rings is 2. The molecule has 0 aromatic heterocycles. The number of nitro benzene ring substituents is 1. The summed E-state index contributed by atoms with van der Waals surface area (Å²) in [6, 6.07) is 12.2. The largest absolute Gasteiger partial charge is 0.491 e. The highest BCUT2D eigenvalue weighted by Gasteiger charge is 2.27. The maximum Gasteiger partial charge on any atom is 0.273 e. The van der Waals surface area contributed by atoms with Crippen LogP contribution in [0.5, 0.6) is 5.75 Å². The molecule has 2 aromatic rings. The molecule has 0 aliphatic carbocycles. The van der Waals surface area contributed by atoms with Crippen LogP contribution in [-0.2, 0) is 6.54 Å². The molecule has 0 unspecified atom stereocenters. The molecule has 6 nitrogen and oxygen atoms in total. The standard InChI is InChI=1S/C16H15N3O3/c1-2-22-15-9-12(19(20)21)7-8-14(15)18-10-11-5-3-4-6-13(11)16(18)17/h3-9,17H,2,10H2,1H3. The van der Waals surface area contributed by atoms with Gasteiger partial charge in [-0.2, -0.15) is 0 Å². The van der Waals surface area contributed by atoms with Crippen LogP contribution in [0, 0.1) is 15.5 Å². The molecule has 0 radical (unpaired) electrons. The number of hydrogen-bond donors (Lipinski definition) is 1. The summed E-state index contributed by atoms with van der Waals surface area (Å²) in [5, 5.41) is 19.3. The van der Waals surface area contributed by atoms with Crippen molar-refractivity contribution in [1.82, 2.24) is 0 Å². The fourth-order valence-corrected chi connectivity index (χ4v) is 2.60. The van der Waals surface area contributed by atoms with E-state index < -0.39 is 4.92 Å². The summed E-state index contributed by atoms with van der Waals surface area (Å²) in [4.78, 5) is 12.3. The van der Waals surface area contributed by atoms with Crippen LogP contribution in [0.3, 0.4) is 0 Å². The van der Waals surface area contributed by atoms with Crippen molar-refractivity contribution in [3.8, 4) is 5.75 Å². The van der Waals surface area contributed by atoms with Crippen LogP contribution in [0.2, 0.25) is 0 Å². The molecule has 2 aromatic carbocycles. The van der Waals surface area contributed by atoms with Gasteiger partial charge in [-0.1, -0.05) is 24.3 Å². The van der Waals surface area contributed by atoms with Gasteiger partial charge in [-0.3, -0.25) is 15.5 Å². The van der Waals surface area contributed by atoms with Crippen LogP contribution in [-0.4, -0.2) is 17.4 Å². The molecule has 22 heavy (non-hydrogen) atoms. The zero-order chi connectivity index (χ0) is 15.7. The van der Waals surface area contributed by atoms with Gasteiger partial charge in [0.25, 0.3) is 5.69 Å². The first-order chi connectivity index (χ1) is 10.6. The normalized spacial score (nSPS) is 13.1. The van der Waals surface area contributed by atoms with Crippen LogP contribution < -0.4 is 9.64 Å². The molecule has 0 saturated heterocycles. The number of non-ortho nitro benzene ring substituents is 1. The van der Waals surface area contributed by atoms with Gasteiger partial charge in [0.2, 0.25) is 0 Å². The number of nitro groups is 1. The van der Waals surface area contributed by atoms with E-state index in [-0.39, 0.29) is 5.69 Å². The first-order valence-electron chi connectivity index (χ1n) is 6.97. The lowest BCUT2D eigenvalue weighted by Crippen LogP contribution is -2.23. The van der Waals surface area contributed by atoms with Gasteiger partial charge in [0.05, 0.1) is 29.8 Å². The van der Waals surface area contributed by atoms with E-state index in [1.54, 1.807) is 11.0 Å². The lowest BCUT2D eigenvalue weighted by molar-refractivity contribution is -0.384. The third-order valence-corrected chi connectivity index (χ3v) is 3.62. The maximum absolute atomic E-state index is 10.9. The molecular weight excluding hydrogens is 282 g/mol. The molecule has 0 fully saturated rings. The highest BCUT2D eigenvalue weighted by Crippen LogP contribution is 2.37. The van der Waals surface area contributed by atoms with Crippen molar-refractivity contribution in [1.29, 1.82) is 5.41 Å². The molecule has 3 rings (SSSR count). The van der Waals surface area contributed by atoms with Crippen molar-refractivity contribution in [2.24, 2.45) is 0 Å². The summed E-state index contributed by atoms with van der Waals surface area (Å²) in [5.74, 6) is 0.805. The smallest absolute Gasteiger partial charge is 0.273 e. The highest BCUT2D eigenvalue weighted by molar-refractivity contribution is 6.12. The minimum atomic E-state index is -0.448. The molecule has 0 saturated carbocycles. The molecule has 1 aliphatic heterocycles. The summed E-state index contributed by atoms with van der Waals surface area (Å²) in [6.45, 7) is 2.79. The first kappa shape index (κ1) is 14.1. The number of nitrogens with zero attached hydrogens (tertiary/aromatic N) is 2. The van der Waals surface area contributed by atoms with E-state index in [2.05, 4.69) is 0 Å². The number of fused-ring (bicyclic) bond motifs is 1. The van der Waals surface area contributed by atoms with E-state index in [1.165, 1.54) is 12.1 Å². The van der Waals surface area contributed by atoms with E-state index in [1.807, 2.05) is 31.2 Å². The Balaban J connectivity index is 2.02. The second kappa shape index (κ2) is 5.48. The molecular formula is C16H15N3O3. The molecule has 0 bridgehead atoms. The molecule has 1 aliphatic rings. The Morgan fingerprint density at radius 2 is 2.09 bits per heavy atom. The average Bonchev–Trinajstić information content (AvgIpc) is 2.85. The third-order valence-electron chi connectivity index (χ3n) is 3.62. The second-order valence-electron chi connectivity index (χ2n) is 4.93. The Labute approximate surface area is 127 Å². The molecule has 0 spiro atoms. The summed E-state index contributed by atoms with van der Waals surface area (Å²) >= 11 is 0. The Morgan fingerprint density at radius 3 is 2.77 bits per heavy atom. The number of ether oxygens (including phenoxy) is 1. The SMILES string of the molecule is CCOc1cc([N+](=O)[O-])ccc1N1Cc2ccccc2C1=N. The fraction of sp³-hybridized carbons (Fsp3) is 0.188. The summed E-state index contributed by atoms with van der Waals surface area (Å²) < 4.78 is 5.54. The van der Waals surface area contributed by atoms with Crippen molar-refractivity contribution in [3.05, 3.63) is 63.7 Å². The topological polar surface area (TPSA) is 79.5 Å². The van der Waals surface area contributed by atoms with Gasteiger partial charge in [0, 0.05) is 11.6 Å². The molecule has 0 amide bonds. The van der Waals surface area contributed by atoms with Crippen LogP contribution in [0.25, 0.3) is 0 Å². The van der Waals surface area contributed by atoms with Crippen molar-refractivity contribution < 1.29 is 9.66 Å². The van der Waals surface area contributed by atoms with Crippen molar-refractivity contribution >= 4 is 17.2 Å². The predicted octanol–water partition coefficient (Wildman–Crippen LogP) is 3.34. The molecule has 112 valence electrons. The van der Waals surface area contributed by atoms with Gasteiger partial charge in [-0.15, -0.1) is 0 Å². The lowest BCUT2D eigenvalue weighted by atomic mass is 10.1. The van der Waals surface area contributed by atoms with Crippen LogP contribution in [0.15, 0.2) is 42.5 Å². The van der Waals surface area contributed by atoms with Crippen molar-refractivity contribution in [2.75, 3.05) is 11.5 Å². The highest BCUT2D eigenvalue weighted by atomic mass is 16.6. The van der Waals surface area contributed by atoms with Gasteiger partial charge < -0.3 is 9.64 Å². The van der Waals surface area contributed by atoms with Gasteiger partial charge in [0.1, 0.15) is 11.6 Å². The zero-order valence-corrected chi connectivity index (χ0v) is 12.1. The minimum Gasteiger partial charge on any atom is -0.491 e. The molecule has 1 heterocycles. The van der Waals surface area contributed by atoms with E-state index in [0.717, 1.165) is 11.1 Å². The summed E-state index contributed by atoms with van der Waals surface area (Å²) in [7, 11) is 0. The van der Waals surface area contributed by atoms with Crippen LogP contribution >= 0.6 is 0 Å². The van der Waals surface area contributed by atoms with E-state index >= 15 is 0 Å². The van der Waals surface area contributed by atoms with E-state index in [0.29, 0.717) is 30.4 Å². The quantitative estimate of drug-likeness (QED) is 0.693. The summed E-state index contributed by atoms with van der Waals surface area (Å²) in [5.41, 5.74) is 2.60. The number of anilines is 1. The lowest BCUT2D eigenvalue weighted by Gasteiger charge is -2.21. The third kappa shape index (κ3) is 2.28. The second-order valence-corrected chi connectivity index (χ2v) is 4.93. The van der Waals surface area contributed by atoms with Gasteiger partial charge in [-0.25, -0.2) is 0 Å². The summed E-state index contributed by atoms with van der Waals surface area (Å²) in [6.07, 6.45) is 0. The van der Waals surface area contributed by atoms with Crippen molar-refractivity contribution in [2.45, 2.75) is 13.5 Å². The number of rotatable bonds is 4. The Morgan fingerprint density at radius 1 is 1.32 bits per heavy atom. The number of nitrogens with one attached hydrogen (secondary N) is 1. The van der Waals surface area contributed by atoms with E-state index in [4.69, 9.17) is 10.1 Å². The number of amidine groups is 1. The molecule has 0 atom stereocenters.